The fraction of sp³-hybridized carbons (Fsp3) is 1.00. The summed E-state index contributed by atoms with van der Waals surface area (Å²) in [7, 11) is 0. The van der Waals surface area contributed by atoms with Gasteiger partial charge in [0.1, 0.15) is 0 Å². The van der Waals surface area contributed by atoms with Crippen LogP contribution in [0.1, 0.15) is 12.8 Å². The van der Waals surface area contributed by atoms with Crippen molar-refractivity contribution in [2.45, 2.75) is 31.1 Å². The molecule has 3 nitrogen and oxygen atoms in total. The summed E-state index contributed by atoms with van der Waals surface area (Å²) in [6, 6.07) is 0.568. The maximum atomic E-state index is 8.96. The van der Waals surface area contributed by atoms with Crippen molar-refractivity contribution in [3.63, 3.8) is 0 Å². The Hall–Kier alpha value is -0.120. The SMILES string of the molecule is OC1CC(N2CC(O)C2)C1. The van der Waals surface area contributed by atoms with Gasteiger partial charge in [-0.3, -0.25) is 4.90 Å². The van der Waals surface area contributed by atoms with E-state index in [1.165, 1.54) is 0 Å². The van der Waals surface area contributed by atoms with Crippen molar-refractivity contribution in [1.29, 1.82) is 0 Å². The van der Waals surface area contributed by atoms with Crippen LogP contribution in [-0.2, 0) is 0 Å². The first-order chi connectivity index (χ1) is 4.75. The van der Waals surface area contributed by atoms with Crippen molar-refractivity contribution in [1.82, 2.24) is 4.90 Å². The highest BCUT2D eigenvalue weighted by atomic mass is 16.3. The monoisotopic (exact) mass is 143 g/mol. The Labute approximate surface area is 60.3 Å². The van der Waals surface area contributed by atoms with Crippen molar-refractivity contribution in [3.05, 3.63) is 0 Å². The summed E-state index contributed by atoms with van der Waals surface area (Å²) in [5.41, 5.74) is 0. The van der Waals surface area contributed by atoms with Gasteiger partial charge in [-0.1, -0.05) is 0 Å². The molecule has 1 aliphatic heterocycles. The molecule has 1 saturated carbocycles. The summed E-state index contributed by atoms with van der Waals surface area (Å²) in [4.78, 5) is 2.23. The smallest absolute Gasteiger partial charge is 0.0794 e. The first-order valence-electron chi connectivity index (χ1n) is 3.86. The molecule has 58 valence electrons. The first kappa shape index (κ1) is 6.58. The quantitative estimate of drug-likeness (QED) is 0.504. The molecule has 2 rings (SSSR count). The molecule has 0 atom stereocenters. The van der Waals surface area contributed by atoms with Gasteiger partial charge in [-0.05, 0) is 12.8 Å². The van der Waals surface area contributed by atoms with Gasteiger partial charge in [-0.2, -0.15) is 0 Å². The zero-order valence-corrected chi connectivity index (χ0v) is 5.90. The Bertz CT molecular complexity index is 112. The van der Waals surface area contributed by atoms with Crippen LogP contribution in [0, 0.1) is 0 Å². The van der Waals surface area contributed by atoms with E-state index < -0.39 is 0 Å². The normalized spacial score (nSPS) is 42.6. The molecule has 10 heavy (non-hydrogen) atoms. The predicted molar refractivity (Wildman–Crippen MR) is 36.6 cm³/mol. The van der Waals surface area contributed by atoms with E-state index in [0.717, 1.165) is 25.9 Å². The van der Waals surface area contributed by atoms with Gasteiger partial charge in [0.2, 0.25) is 0 Å². The molecule has 0 aromatic rings. The molecule has 3 heteroatoms. The summed E-state index contributed by atoms with van der Waals surface area (Å²) >= 11 is 0. The minimum absolute atomic E-state index is 0.0669. The molecule has 2 aliphatic rings. The lowest BCUT2D eigenvalue weighted by Gasteiger charge is -2.47. The second kappa shape index (κ2) is 2.19. The van der Waals surface area contributed by atoms with Gasteiger partial charge in [0.05, 0.1) is 12.2 Å². The summed E-state index contributed by atoms with van der Waals surface area (Å²) < 4.78 is 0. The highest BCUT2D eigenvalue weighted by molar-refractivity contribution is 4.93. The van der Waals surface area contributed by atoms with Crippen LogP contribution in [0.5, 0.6) is 0 Å². The summed E-state index contributed by atoms with van der Waals surface area (Å²) in [5, 5.41) is 17.9. The highest BCUT2D eigenvalue weighted by Crippen LogP contribution is 2.28. The third-order valence-corrected chi connectivity index (χ3v) is 2.50. The molecule has 0 aromatic heterocycles. The molecule has 0 bridgehead atoms. The Kier molecular flexibility index (Phi) is 1.44. The average Bonchev–Trinajstić information content (AvgIpc) is 1.74. The number of hydrogen-bond donors (Lipinski definition) is 2. The number of aliphatic hydroxyl groups is 2. The second-order valence-electron chi connectivity index (χ2n) is 3.39. The standard InChI is InChI=1S/C7H13NO2/c9-6-1-5(2-6)8-3-7(10)4-8/h5-7,9-10H,1-4H2. The molecule has 2 fully saturated rings. The van der Waals surface area contributed by atoms with Gasteiger partial charge in [-0.15, -0.1) is 0 Å². The molecule has 1 aliphatic carbocycles. The number of rotatable bonds is 1. The molecule has 1 heterocycles. The molecular weight excluding hydrogens is 130 g/mol. The summed E-state index contributed by atoms with van der Waals surface area (Å²) in [6.45, 7) is 1.63. The highest BCUT2D eigenvalue weighted by Gasteiger charge is 2.38. The van der Waals surface area contributed by atoms with Gasteiger partial charge in [-0.25, -0.2) is 0 Å². The van der Waals surface area contributed by atoms with E-state index >= 15 is 0 Å². The van der Waals surface area contributed by atoms with E-state index in [1.54, 1.807) is 0 Å². The number of β-amino-alcohol motifs (C(OH)–C–C–N with tert-alkyl or cyclic N) is 1. The molecule has 2 N–H and O–H groups in total. The van der Waals surface area contributed by atoms with Crippen molar-refractivity contribution < 1.29 is 10.2 Å². The lowest BCUT2D eigenvalue weighted by Crippen LogP contribution is -2.59. The van der Waals surface area contributed by atoms with E-state index in [0.29, 0.717) is 6.04 Å². The van der Waals surface area contributed by atoms with Gasteiger partial charge in [0.25, 0.3) is 0 Å². The van der Waals surface area contributed by atoms with E-state index in [4.69, 9.17) is 10.2 Å². The number of nitrogens with zero attached hydrogens (tertiary/aromatic N) is 1. The molecule has 0 amide bonds. The average molecular weight is 143 g/mol. The van der Waals surface area contributed by atoms with E-state index in [-0.39, 0.29) is 12.2 Å². The fourth-order valence-electron chi connectivity index (χ4n) is 1.64. The van der Waals surface area contributed by atoms with Gasteiger partial charge in [0.15, 0.2) is 0 Å². The zero-order chi connectivity index (χ0) is 7.14. The molecular formula is C7H13NO2. The first-order valence-corrected chi connectivity index (χ1v) is 3.86. The van der Waals surface area contributed by atoms with Crippen LogP contribution in [0.3, 0.4) is 0 Å². The van der Waals surface area contributed by atoms with E-state index in [9.17, 15) is 0 Å². The number of hydrogen-bond acceptors (Lipinski definition) is 3. The molecule has 0 spiro atoms. The third kappa shape index (κ3) is 0.944. The minimum Gasteiger partial charge on any atom is -0.393 e. The Balaban J connectivity index is 1.72. The van der Waals surface area contributed by atoms with Crippen LogP contribution in [0.15, 0.2) is 0 Å². The van der Waals surface area contributed by atoms with Gasteiger partial charge in [0, 0.05) is 19.1 Å². The largest absolute Gasteiger partial charge is 0.393 e. The van der Waals surface area contributed by atoms with Crippen molar-refractivity contribution >= 4 is 0 Å². The van der Waals surface area contributed by atoms with Crippen molar-refractivity contribution in [3.8, 4) is 0 Å². The molecule has 0 aromatic carbocycles. The van der Waals surface area contributed by atoms with Gasteiger partial charge < -0.3 is 10.2 Å². The fourth-order valence-corrected chi connectivity index (χ4v) is 1.64. The summed E-state index contributed by atoms with van der Waals surface area (Å²) in [5.74, 6) is 0. The predicted octanol–water partition coefficient (Wildman–Crippen LogP) is -0.814. The van der Waals surface area contributed by atoms with Crippen LogP contribution in [0.2, 0.25) is 0 Å². The van der Waals surface area contributed by atoms with Crippen LogP contribution >= 0.6 is 0 Å². The molecule has 1 saturated heterocycles. The van der Waals surface area contributed by atoms with Crippen LogP contribution < -0.4 is 0 Å². The number of aliphatic hydroxyl groups excluding tert-OH is 2. The Morgan fingerprint density at radius 1 is 1.00 bits per heavy atom. The lowest BCUT2D eigenvalue weighted by molar-refractivity contribution is -0.0798. The minimum atomic E-state index is -0.0993. The van der Waals surface area contributed by atoms with Crippen LogP contribution in [0.25, 0.3) is 0 Å². The molecule has 0 radical (unpaired) electrons. The van der Waals surface area contributed by atoms with Gasteiger partial charge >= 0.3 is 0 Å². The topological polar surface area (TPSA) is 43.7 Å². The van der Waals surface area contributed by atoms with Crippen molar-refractivity contribution in [2.24, 2.45) is 0 Å². The zero-order valence-electron chi connectivity index (χ0n) is 5.90. The Morgan fingerprint density at radius 3 is 2.00 bits per heavy atom. The van der Waals surface area contributed by atoms with Crippen molar-refractivity contribution in [2.75, 3.05) is 13.1 Å². The third-order valence-electron chi connectivity index (χ3n) is 2.50. The van der Waals surface area contributed by atoms with E-state index in [2.05, 4.69) is 4.90 Å². The van der Waals surface area contributed by atoms with Crippen LogP contribution in [0.4, 0.5) is 0 Å². The second-order valence-corrected chi connectivity index (χ2v) is 3.39. The summed E-state index contributed by atoms with van der Waals surface area (Å²) in [6.07, 6.45) is 1.65. The maximum Gasteiger partial charge on any atom is 0.0794 e. The lowest BCUT2D eigenvalue weighted by atomic mass is 9.86. The van der Waals surface area contributed by atoms with Crippen LogP contribution in [-0.4, -0.2) is 46.5 Å². The molecule has 0 unspecified atom stereocenters. The maximum absolute atomic E-state index is 8.96. The Morgan fingerprint density at radius 2 is 1.60 bits per heavy atom. The van der Waals surface area contributed by atoms with E-state index in [1.807, 2.05) is 0 Å². The number of likely N-dealkylation sites (tertiary alicyclic amines) is 1.